The molecule has 0 unspecified atom stereocenters. The summed E-state index contributed by atoms with van der Waals surface area (Å²) in [6, 6.07) is 18.8. The molecule has 7 rings (SSSR count). The summed E-state index contributed by atoms with van der Waals surface area (Å²) in [5.41, 5.74) is -1.17. The third kappa shape index (κ3) is 8.02. The van der Waals surface area contributed by atoms with E-state index in [0.29, 0.717) is 54.9 Å². The molecule has 0 fully saturated rings. The topological polar surface area (TPSA) is 0 Å². The molecule has 0 aliphatic heterocycles. The Morgan fingerprint density at radius 3 is 1.22 bits per heavy atom. The minimum Gasteiger partial charge on any atom is -0.166 e. The van der Waals surface area contributed by atoms with Gasteiger partial charge in [-0.1, -0.05) is 54.6 Å². The van der Waals surface area contributed by atoms with E-state index in [1.807, 2.05) is 0 Å². The van der Waals surface area contributed by atoms with Crippen molar-refractivity contribution in [2.45, 2.75) is 93.4 Å². The molecule has 334 valence electrons. The first-order chi connectivity index (χ1) is 29.5. The largest absolute Gasteiger partial charge is 0.416 e. The van der Waals surface area contributed by atoms with Crippen LogP contribution in [0.1, 0.15) is 83.5 Å². The highest BCUT2D eigenvalue weighted by molar-refractivity contribution is 6.21. The van der Waals surface area contributed by atoms with E-state index >= 15 is 0 Å². The molecule has 0 nitrogen and oxygen atoms in total. The molecule has 12 heteroatoms. The summed E-state index contributed by atoms with van der Waals surface area (Å²) in [4.78, 5) is 0. The molecule has 0 amide bonds. The van der Waals surface area contributed by atoms with Crippen LogP contribution in [0, 0.1) is 62.3 Å². The Hall–Kier alpha value is -5.78. The van der Waals surface area contributed by atoms with Crippen LogP contribution < -0.4 is 0 Å². The summed E-state index contributed by atoms with van der Waals surface area (Å²) in [6.45, 7) is 12.7. The summed E-state index contributed by atoms with van der Waals surface area (Å²) < 4.78 is 175. The second-order valence-corrected chi connectivity index (χ2v) is 16.9. The molecular formula is C52H42F12. The minimum absolute atomic E-state index is 0.00788. The fourth-order valence-electron chi connectivity index (χ4n) is 9.71. The lowest BCUT2D eigenvalue weighted by molar-refractivity contribution is -0.139. The smallest absolute Gasteiger partial charge is 0.166 e. The Kier molecular flexibility index (Phi) is 11.4. The lowest BCUT2D eigenvalue weighted by Gasteiger charge is -2.28. The van der Waals surface area contributed by atoms with Crippen molar-refractivity contribution in [1.82, 2.24) is 0 Å². The number of alkyl halides is 12. The molecule has 0 aromatic heterocycles. The zero-order chi connectivity index (χ0) is 47.3. The summed E-state index contributed by atoms with van der Waals surface area (Å²) in [5.74, 6) is 0. The van der Waals surface area contributed by atoms with E-state index in [1.54, 1.807) is 61.5 Å². The summed E-state index contributed by atoms with van der Waals surface area (Å²) in [7, 11) is 0. The first kappa shape index (κ1) is 46.2. The van der Waals surface area contributed by atoms with Gasteiger partial charge in [-0.15, -0.1) is 0 Å². The third-order valence-electron chi connectivity index (χ3n) is 12.7. The predicted octanol–water partition coefficient (Wildman–Crippen LogP) is 17.4. The molecule has 0 aliphatic carbocycles. The monoisotopic (exact) mass is 894 g/mol. The minimum atomic E-state index is -4.87. The first-order valence-electron chi connectivity index (χ1n) is 20.3. The molecule has 0 heterocycles. The SMILES string of the molecule is Cc1cc(-c2c3ccccc3c(-c3cc(C)cc(C(F)(F)F)c3)c3cc(Cc4c(C)c(C)c(C(F)(F)F)c(C)c4-c4c(C)c(C)c(C)c(C(F)(F)F)c4C)ccc23)cc(C(F)(F)F)c1. The van der Waals surface area contributed by atoms with Crippen molar-refractivity contribution >= 4 is 21.5 Å². The molecule has 64 heavy (non-hydrogen) atoms. The maximum atomic E-state index is 15.0. The zero-order valence-electron chi connectivity index (χ0n) is 36.2. The highest BCUT2D eigenvalue weighted by Gasteiger charge is 2.41. The van der Waals surface area contributed by atoms with Crippen molar-refractivity contribution in [2.24, 2.45) is 0 Å². The van der Waals surface area contributed by atoms with Gasteiger partial charge in [0.15, 0.2) is 0 Å². The molecule has 7 aromatic carbocycles. The molecule has 0 saturated heterocycles. The van der Waals surface area contributed by atoms with E-state index in [4.69, 9.17) is 0 Å². The van der Waals surface area contributed by atoms with E-state index in [2.05, 4.69) is 0 Å². The van der Waals surface area contributed by atoms with Crippen molar-refractivity contribution in [2.75, 3.05) is 0 Å². The van der Waals surface area contributed by atoms with Gasteiger partial charge < -0.3 is 0 Å². The Bertz CT molecular complexity index is 3050. The van der Waals surface area contributed by atoms with Crippen molar-refractivity contribution in [3.8, 4) is 33.4 Å². The van der Waals surface area contributed by atoms with Crippen LogP contribution in [0.15, 0.2) is 78.9 Å². The molecule has 0 atom stereocenters. The van der Waals surface area contributed by atoms with E-state index < -0.39 is 47.0 Å². The second-order valence-electron chi connectivity index (χ2n) is 16.9. The molecule has 0 aliphatic rings. The summed E-state index contributed by atoms with van der Waals surface area (Å²) in [5, 5.41) is 1.62. The van der Waals surface area contributed by atoms with Gasteiger partial charge in [-0.05, 0) is 209 Å². The van der Waals surface area contributed by atoms with Gasteiger partial charge >= 0.3 is 24.7 Å². The van der Waals surface area contributed by atoms with E-state index in [9.17, 15) is 52.7 Å². The van der Waals surface area contributed by atoms with Gasteiger partial charge in [0, 0.05) is 0 Å². The van der Waals surface area contributed by atoms with Crippen LogP contribution >= 0.6 is 0 Å². The quantitative estimate of drug-likeness (QED) is 0.119. The predicted molar refractivity (Wildman–Crippen MR) is 230 cm³/mol. The van der Waals surface area contributed by atoms with Gasteiger partial charge in [0.25, 0.3) is 0 Å². The highest BCUT2D eigenvalue weighted by Crippen LogP contribution is 2.50. The Labute approximate surface area is 362 Å². The Balaban J connectivity index is 1.63. The normalized spacial score (nSPS) is 12.8. The average molecular weight is 895 g/mol. The number of fused-ring (bicyclic) bond motifs is 2. The number of benzene rings is 7. The maximum Gasteiger partial charge on any atom is 0.416 e. The van der Waals surface area contributed by atoms with Crippen molar-refractivity contribution < 1.29 is 52.7 Å². The van der Waals surface area contributed by atoms with Crippen LogP contribution in [-0.2, 0) is 31.1 Å². The molecule has 0 bridgehead atoms. The molecule has 7 aromatic rings. The summed E-state index contributed by atoms with van der Waals surface area (Å²) in [6.07, 6.45) is -19.3. The second kappa shape index (κ2) is 15.7. The van der Waals surface area contributed by atoms with Crippen LogP contribution in [0.4, 0.5) is 52.7 Å². The van der Waals surface area contributed by atoms with Gasteiger partial charge in [0.05, 0.1) is 22.3 Å². The Morgan fingerprint density at radius 1 is 0.344 bits per heavy atom. The van der Waals surface area contributed by atoms with Crippen molar-refractivity contribution in [1.29, 1.82) is 0 Å². The number of halogens is 12. The molecule has 0 saturated carbocycles. The van der Waals surface area contributed by atoms with Crippen LogP contribution in [0.2, 0.25) is 0 Å². The molecular weight excluding hydrogens is 853 g/mol. The lowest BCUT2D eigenvalue weighted by Crippen LogP contribution is -2.17. The van der Waals surface area contributed by atoms with Crippen LogP contribution in [-0.4, -0.2) is 0 Å². The number of aryl methyl sites for hydroxylation is 2. The zero-order valence-corrected chi connectivity index (χ0v) is 36.2. The molecule has 0 spiro atoms. The lowest BCUT2D eigenvalue weighted by atomic mass is 9.77. The molecule has 0 radical (unpaired) electrons. The fraction of sp³-hybridized carbons (Fsp3) is 0.269. The van der Waals surface area contributed by atoms with Crippen molar-refractivity contribution in [3.05, 3.63) is 162 Å². The van der Waals surface area contributed by atoms with Gasteiger partial charge in [0.2, 0.25) is 0 Å². The van der Waals surface area contributed by atoms with Gasteiger partial charge in [-0.2, -0.15) is 52.7 Å². The third-order valence-corrected chi connectivity index (χ3v) is 12.7. The van der Waals surface area contributed by atoms with Gasteiger partial charge in [-0.3, -0.25) is 0 Å². The standard InChI is InChI=1S/C52H42F12/c1-24-16-34(22-36(18-24)49(53,54)55)45-38-12-10-11-13-39(38)46(35-17-25(2)19-37(23-35)50(56,57)58)42-21-33(14-15-40(42)45)20-41-27(4)30(7)48(52(62,63)64)32(9)44(41)43-28(5)26(3)29(6)47(31(43)8)51(59,60)61/h10-19,21-23H,20H2,1-9H3. The van der Waals surface area contributed by atoms with Gasteiger partial charge in [0.1, 0.15) is 0 Å². The maximum absolute atomic E-state index is 15.0. The highest BCUT2D eigenvalue weighted by atomic mass is 19.4. The number of hydrogen-bond donors (Lipinski definition) is 0. The van der Waals surface area contributed by atoms with E-state index in [-0.39, 0.29) is 67.6 Å². The van der Waals surface area contributed by atoms with Crippen LogP contribution in [0.3, 0.4) is 0 Å². The summed E-state index contributed by atoms with van der Waals surface area (Å²) >= 11 is 0. The average Bonchev–Trinajstić information content (AvgIpc) is 3.17. The Morgan fingerprint density at radius 2 is 0.766 bits per heavy atom. The van der Waals surface area contributed by atoms with E-state index in [0.717, 1.165) is 24.3 Å². The van der Waals surface area contributed by atoms with E-state index in [1.165, 1.54) is 55.4 Å². The number of rotatable bonds is 5. The van der Waals surface area contributed by atoms with Gasteiger partial charge in [-0.25, -0.2) is 0 Å². The van der Waals surface area contributed by atoms with Crippen LogP contribution in [0.25, 0.3) is 54.9 Å². The van der Waals surface area contributed by atoms with Crippen molar-refractivity contribution in [3.63, 3.8) is 0 Å². The molecule has 0 N–H and O–H groups in total. The first-order valence-corrected chi connectivity index (χ1v) is 20.3. The number of hydrogen-bond acceptors (Lipinski definition) is 0. The van der Waals surface area contributed by atoms with Crippen LogP contribution in [0.5, 0.6) is 0 Å². The fourth-order valence-corrected chi connectivity index (χ4v) is 9.71.